The molecule has 0 aliphatic carbocycles. The third kappa shape index (κ3) is 3.25. The van der Waals surface area contributed by atoms with E-state index in [9.17, 15) is 0 Å². The minimum atomic E-state index is 0.579. The summed E-state index contributed by atoms with van der Waals surface area (Å²) in [6, 6.07) is 9.02. The molecule has 92 valence electrons. The zero-order chi connectivity index (χ0) is 12.3. The zero-order valence-corrected chi connectivity index (χ0v) is 11.6. The second-order valence-corrected chi connectivity index (χ2v) is 5.86. The summed E-state index contributed by atoms with van der Waals surface area (Å²) in [5.41, 5.74) is 2.63. The van der Waals surface area contributed by atoms with Crippen molar-refractivity contribution in [3.05, 3.63) is 35.4 Å². The number of benzene rings is 1. The lowest BCUT2D eigenvalue weighted by atomic mass is 10.1. The smallest absolute Gasteiger partial charge is 0.157 e. The molecule has 0 radical (unpaired) electrons. The van der Waals surface area contributed by atoms with E-state index in [1.807, 2.05) is 11.8 Å². The summed E-state index contributed by atoms with van der Waals surface area (Å²) in [6.07, 6.45) is 0. The van der Waals surface area contributed by atoms with E-state index in [2.05, 4.69) is 55.3 Å². The van der Waals surface area contributed by atoms with Crippen molar-refractivity contribution >= 4 is 16.9 Å². The summed E-state index contributed by atoms with van der Waals surface area (Å²) in [4.78, 5) is 4.66. The van der Waals surface area contributed by atoms with Gasteiger partial charge in [-0.2, -0.15) is 0 Å². The van der Waals surface area contributed by atoms with Crippen molar-refractivity contribution in [1.82, 2.24) is 5.32 Å². The predicted octanol–water partition coefficient (Wildman–Crippen LogP) is 3.21. The number of nitrogens with zero attached hydrogens (tertiary/aromatic N) is 1. The van der Waals surface area contributed by atoms with Crippen molar-refractivity contribution in [3.63, 3.8) is 0 Å². The highest BCUT2D eigenvalue weighted by Crippen LogP contribution is 2.19. The van der Waals surface area contributed by atoms with E-state index >= 15 is 0 Å². The lowest BCUT2D eigenvalue weighted by Gasteiger charge is -2.13. The van der Waals surface area contributed by atoms with Crippen molar-refractivity contribution in [1.29, 1.82) is 0 Å². The monoisotopic (exact) mass is 248 g/mol. The molecule has 0 aromatic heterocycles. The van der Waals surface area contributed by atoms with E-state index in [0.29, 0.717) is 12.0 Å². The molecule has 1 saturated heterocycles. The molecule has 0 saturated carbocycles. The highest BCUT2D eigenvalue weighted by atomic mass is 32.2. The van der Waals surface area contributed by atoms with Crippen LogP contribution >= 0.6 is 11.8 Å². The van der Waals surface area contributed by atoms with Crippen LogP contribution in [0.5, 0.6) is 0 Å². The number of hydrogen-bond donors (Lipinski definition) is 1. The van der Waals surface area contributed by atoms with E-state index in [4.69, 9.17) is 0 Å². The van der Waals surface area contributed by atoms with Gasteiger partial charge in [-0.3, -0.25) is 4.99 Å². The van der Waals surface area contributed by atoms with Gasteiger partial charge in [0, 0.05) is 11.8 Å². The Bertz CT molecular complexity index is 412. The van der Waals surface area contributed by atoms with Crippen LogP contribution in [-0.4, -0.2) is 17.0 Å². The number of aryl methyl sites for hydroxylation is 1. The van der Waals surface area contributed by atoms with Gasteiger partial charge in [0.15, 0.2) is 5.17 Å². The van der Waals surface area contributed by atoms with Crippen molar-refractivity contribution in [2.45, 2.75) is 33.4 Å². The summed E-state index contributed by atoms with van der Waals surface area (Å²) in [7, 11) is 0. The van der Waals surface area contributed by atoms with Gasteiger partial charge in [0.25, 0.3) is 0 Å². The minimum absolute atomic E-state index is 0.579. The van der Waals surface area contributed by atoms with Crippen LogP contribution < -0.4 is 5.32 Å². The van der Waals surface area contributed by atoms with Crippen LogP contribution in [0, 0.1) is 12.8 Å². The Kier molecular flexibility index (Phi) is 4.11. The number of hydrogen-bond acceptors (Lipinski definition) is 2. The lowest BCUT2D eigenvalue weighted by Crippen LogP contribution is -2.31. The maximum absolute atomic E-state index is 4.66. The molecule has 3 heteroatoms. The Labute approximate surface area is 108 Å². The molecule has 1 aromatic carbocycles. The summed E-state index contributed by atoms with van der Waals surface area (Å²) in [5, 5.41) is 4.60. The van der Waals surface area contributed by atoms with Gasteiger partial charge in [-0.1, -0.05) is 49.9 Å². The van der Waals surface area contributed by atoms with Gasteiger partial charge in [-0.05, 0) is 24.0 Å². The first-order chi connectivity index (χ1) is 8.16. The molecule has 0 unspecified atom stereocenters. The molecule has 1 heterocycles. The quantitative estimate of drug-likeness (QED) is 0.888. The fourth-order valence-electron chi connectivity index (χ4n) is 1.81. The minimum Gasteiger partial charge on any atom is -0.361 e. The number of thioether (sulfide) groups is 1. The van der Waals surface area contributed by atoms with E-state index in [-0.39, 0.29) is 0 Å². The molecule has 0 spiro atoms. The van der Waals surface area contributed by atoms with E-state index in [1.54, 1.807) is 0 Å². The van der Waals surface area contributed by atoms with Crippen molar-refractivity contribution < 1.29 is 0 Å². The molecule has 0 bridgehead atoms. The Morgan fingerprint density at radius 2 is 2.18 bits per heavy atom. The Hall–Kier alpha value is -0.960. The topological polar surface area (TPSA) is 24.4 Å². The molecule has 2 nitrogen and oxygen atoms in total. The van der Waals surface area contributed by atoms with Crippen LogP contribution in [0.4, 0.5) is 0 Å². The second kappa shape index (κ2) is 5.58. The zero-order valence-electron chi connectivity index (χ0n) is 10.7. The van der Waals surface area contributed by atoms with Crippen molar-refractivity contribution in [2.75, 3.05) is 5.75 Å². The molecule has 1 aliphatic heterocycles. The number of amidine groups is 1. The SMILES string of the molecule is Cc1ccccc1CN=C1N[C@@H](C(C)C)CS1. The second-order valence-electron chi connectivity index (χ2n) is 4.85. The molecule has 2 rings (SSSR count). The summed E-state index contributed by atoms with van der Waals surface area (Å²) in [6.45, 7) is 7.43. The van der Waals surface area contributed by atoms with Crippen LogP contribution in [0.3, 0.4) is 0 Å². The van der Waals surface area contributed by atoms with Gasteiger partial charge in [0.2, 0.25) is 0 Å². The fourth-order valence-corrected chi connectivity index (χ4v) is 3.00. The molecule has 1 N–H and O–H groups in total. The normalized spacial score (nSPS) is 22.1. The van der Waals surface area contributed by atoms with Gasteiger partial charge >= 0.3 is 0 Å². The largest absolute Gasteiger partial charge is 0.361 e. The maximum Gasteiger partial charge on any atom is 0.157 e. The van der Waals surface area contributed by atoms with Crippen LogP contribution in [-0.2, 0) is 6.54 Å². The summed E-state index contributed by atoms with van der Waals surface area (Å²) in [5.74, 6) is 1.82. The third-order valence-corrected chi connectivity index (χ3v) is 4.21. The average Bonchev–Trinajstić information content (AvgIpc) is 2.77. The van der Waals surface area contributed by atoms with E-state index in [1.165, 1.54) is 11.1 Å². The highest BCUT2D eigenvalue weighted by molar-refractivity contribution is 8.14. The molecule has 0 amide bonds. The van der Waals surface area contributed by atoms with Crippen LogP contribution in [0.2, 0.25) is 0 Å². The summed E-state index contributed by atoms with van der Waals surface area (Å²) >= 11 is 1.84. The predicted molar refractivity (Wildman–Crippen MR) is 76.5 cm³/mol. The van der Waals surface area contributed by atoms with Gasteiger partial charge in [0.1, 0.15) is 0 Å². The van der Waals surface area contributed by atoms with Gasteiger partial charge < -0.3 is 5.32 Å². The number of aliphatic imine (C=N–C) groups is 1. The molecule has 1 aromatic rings. The first kappa shape index (κ1) is 12.5. The van der Waals surface area contributed by atoms with Crippen LogP contribution in [0.25, 0.3) is 0 Å². The van der Waals surface area contributed by atoms with Gasteiger partial charge in [0.05, 0.1) is 6.54 Å². The van der Waals surface area contributed by atoms with E-state index < -0.39 is 0 Å². The molecular formula is C14H20N2S. The lowest BCUT2D eigenvalue weighted by molar-refractivity contribution is 0.503. The maximum atomic E-state index is 4.66. The number of rotatable bonds is 3. The highest BCUT2D eigenvalue weighted by Gasteiger charge is 2.22. The van der Waals surface area contributed by atoms with Crippen LogP contribution in [0.15, 0.2) is 29.3 Å². The summed E-state index contributed by atoms with van der Waals surface area (Å²) < 4.78 is 0. The Balaban J connectivity index is 1.96. The first-order valence-electron chi connectivity index (χ1n) is 6.15. The van der Waals surface area contributed by atoms with Crippen LogP contribution in [0.1, 0.15) is 25.0 Å². The molecule has 1 aliphatic rings. The fraction of sp³-hybridized carbons (Fsp3) is 0.500. The Morgan fingerprint density at radius 1 is 1.41 bits per heavy atom. The average molecular weight is 248 g/mol. The third-order valence-electron chi connectivity index (χ3n) is 3.17. The molecular weight excluding hydrogens is 228 g/mol. The molecule has 1 fully saturated rings. The van der Waals surface area contributed by atoms with Gasteiger partial charge in [-0.25, -0.2) is 0 Å². The number of nitrogens with one attached hydrogen (secondary N) is 1. The van der Waals surface area contributed by atoms with E-state index in [0.717, 1.165) is 17.5 Å². The van der Waals surface area contributed by atoms with Crippen molar-refractivity contribution in [3.8, 4) is 0 Å². The van der Waals surface area contributed by atoms with Gasteiger partial charge in [-0.15, -0.1) is 0 Å². The Morgan fingerprint density at radius 3 is 2.82 bits per heavy atom. The van der Waals surface area contributed by atoms with Crippen molar-refractivity contribution in [2.24, 2.45) is 10.9 Å². The standard InChI is InChI=1S/C14H20N2S/c1-10(2)13-9-17-14(16-13)15-8-12-7-5-4-6-11(12)3/h4-7,10,13H,8-9H2,1-3H3,(H,15,16)/t13-/m1/s1. The molecule has 1 atom stereocenters. The first-order valence-corrected chi connectivity index (χ1v) is 7.13. The molecule has 17 heavy (non-hydrogen) atoms.